The molecule has 0 radical (unpaired) electrons. The molecule has 0 saturated carbocycles. The topological polar surface area (TPSA) is 44.9 Å². The standard InChI is InChI=1S/C26H26N4/c1-29(19-23-13-6-5-12-22(23)14-9-17-27)20-26-28-24-15-7-8-16-25(24)30(26)18-21-10-3-2-4-11-21/h2-8,10-13,15-16H,9,14,18-20H2,1H3. The van der Waals surface area contributed by atoms with Gasteiger partial charge in [-0.1, -0.05) is 66.7 Å². The minimum atomic E-state index is 0.549. The fraction of sp³-hybridized carbons (Fsp3) is 0.231. The summed E-state index contributed by atoms with van der Waals surface area (Å²) in [6, 6.07) is 29.5. The number of nitrogens with zero attached hydrogens (tertiary/aromatic N) is 4. The molecule has 150 valence electrons. The maximum Gasteiger partial charge on any atom is 0.124 e. The van der Waals surface area contributed by atoms with Crippen LogP contribution in [0.5, 0.6) is 0 Å². The molecular formula is C26H26N4. The summed E-state index contributed by atoms with van der Waals surface area (Å²) in [6.45, 7) is 2.40. The molecule has 0 fully saturated rings. The van der Waals surface area contributed by atoms with Crippen molar-refractivity contribution < 1.29 is 0 Å². The van der Waals surface area contributed by atoms with E-state index in [4.69, 9.17) is 10.2 Å². The molecule has 0 spiro atoms. The summed E-state index contributed by atoms with van der Waals surface area (Å²) in [7, 11) is 2.13. The van der Waals surface area contributed by atoms with Crippen molar-refractivity contribution in [2.45, 2.75) is 32.5 Å². The average Bonchev–Trinajstić information content (AvgIpc) is 3.10. The molecule has 1 aromatic heterocycles. The van der Waals surface area contributed by atoms with E-state index in [0.29, 0.717) is 6.42 Å². The van der Waals surface area contributed by atoms with Crippen molar-refractivity contribution in [3.8, 4) is 6.07 Å². The fourth-order valence-corrected chi connectivity index (χ4v) is 3.92. The maximum atomic E-state index is 8.94. The Labute approximate surface area is 178 Å². The molecule has 0 N–H and O–H groups in total. The van der Waals surface area contributed by atoms with E-state index in [2.05, 4.69) is 89.3 Å². The lowest BCUT2D eigenvalue weighted by atomic mass is 10.0. The molecule has 4 nitrogen and oxygen atoms in total. The Hall–Kier alpha value is -3.42. The number of imidazole rings is 1. The van der Waals surface area contributed by atoms with Gasteiger partial charge in [-0.15, -0.1) is 0 Å². The van der Waals surface area contributed by atoms with Crippen molar-refractivity contribution in [1.29, 1.82) is 5.26 Å². The summed E-state index contributed by atoms with van der Waals surface area (Å²) in [5.41, 5.74) is 6.00. The van der Waals surface area contributed by atoms with Crippen LogP contribution >= 0.6 is 0 Å². The van der Waals surface area contributed by atoms with Gasteiger partial charge in [0.2, 0.25) is 0 Å². The van der Waals surface area contributed by atoms with E-state index in [1.54, 1.807) is 0 Å². The first-order valence-electron chi connectivity index (χ1n) is 10.3. The number of benzene rings is 3. The Kier molecular flexibility index (Phi) is 6.22. The fourth-order valence-electron chi connectivity index (χ4n) is 3.92. The molecule has 0 unspecified atom stereocenters. The second kappa shape index (κ2) is 9.39. The molecule has 0 atom stereocenters. The van der Waals surface area contributed by atoms with Crippen molar-refractivity contribution in [3.05, 3.63) is 101 Å². The van der Waals surface area contributed by atoms with E-state index in [-0.39, 0.29) is 0 Å². The SMILES string of the molecule is CN(Cc1ccccc1CCC#N)Cc1nc2ccccc2n1Cc1ccccc1. The van der Waals surface area contributed by atoms with Crippen molar-refractivity contribution in [1.82, 2.24) is 14.5 Å². The average molecular weight is 395 g/mol. The Morgan fingerprint density at radius 2 is 1.57 bits per heavy atom. The third-order valence-electron chi connectivity index (χ3n) is 5.39. The van der Waals surface area contributed by atoms with Crippen LogP contribution in [0.15, 0.2) is 78.9 Å². The van der Waals surface area contributed by atoms with Gasteiger partial charge >= 0.3 is 0 Å². The smallest absolute Gasteiger partial charge is 0.124 e. The van der Waals surface area contributed by atoms with E-state index in [1.807, 2.05) is 12.1 Å². The first-order valence-corrected chi connectivity index (χ1v) is 10.3. The van der Waals surface area contributed by atoms with E-state index in [0.717, 1.165) is 37.4 Å². The minimum absolute atomic E-state index is 0.549. The van der Waals surface area contributed by atoms with E-state index in [9.17, 15) is 0 Å². The Morgan fingerprint density at radius 1 is 0.867 bits per heavy atom. The van der Waals surface area contributed by atoms with Gasteiger partial charge in [0.25, 0.3) is 0 Å². The minimum Gasteiger partial charge on any atom is -0.322 e. The van der Waals surface area contributed by atoms with E-state index < -0.39 is 0 Å². The van der Waals surface area contributed by atoms with Crippen LogP contribution in [0.4, 0.5) is 0 Å². The molecule has 4 aromatic rings. The zero-order valence-corrected chi connectivity index (χ0v) is 17.3. The van der Waals surface area contributed by atoms with Crippen LogP contribution in [0, 0.1) is 11.3 Å². The van der Waals surface area contributed by atoms with Crippen LogP contribution in [0.3, 0.4) is 0 Å². The molecule has 4 heteroatoms. The summed E-state index contributed by atoms with van der Waals surface area (Å²) < 4.78 is 2.32. The monoisotopic (exact) mass is 394 g/mol. The number of nitriles is 1. The molecule has 0 bridgehead atoms. The second-order valence-corrected chi connectivity index (χ2v) is 7.69. The van der Waals surface area contributed by atoms with Crippen molar-refractivity contribution in [2.24, 2.45) is 0 Å². The summed E-state index contributed by atoms with van der Waals surface area (Å²) in [5, 5.41) is 8.94. The molecule has 1 heterocycles. The predicted octanol–water partition coefficient (Wildman–Crippen LogP) is 5.17. The second-order valence-electron chi connectivity index (χ2n) is 7.69. The molecule has 0 saturated heterocycles. The Morgan fingerprint density at radius 3 is 2.37 bits per heavy atom. The first kappa shape index (κ1) is 19.9. The maximum absolute atomic E-state index is 8.94. The molecule has 30 heavy (non-hydrogen) atoms. The predicted molar refractivity (Wildman–Crippen MR) is 121 cm³/mol. The highest BCUT2D eigenvalue weighted by atomic mass is 15.2. The Balaban J connectivity index is 1.58. The highest BCUT2D eigenvalue weighted by Gasteiger charge is 2.14. The summed E-state index contributed by atoms with van der Waals surface area (Å²) in [4.78, 5) is 7.24. The lowest BCUT2D eigenvalue weighted by Crippen LogP contribution is -2.21. The van der Waals surface area contributed by atoms with Crippen molar-refractivity contribution in [2.75, 3.05) is 7.05 Å². The lowest BCUT2D eigenvalue weighted by molar-refractivity contribution is 0.305. The van der Waals surface area contributed by atoms with E-state index >= 15 is 0 Å². The summed E-state index contributed by atoms with van der Waals surface area (Å²) >= 11 is 0. The summed E-state index contributed by atoms with van der Waals surface area (Å²) in [6.07, 6.45) is 1.35. The van der Waals surface area contributed by atoms with Gasteiger partial charge in [-0.05, 0) is 42.3 Å². The van der Waals surface area contributed by atoms with Crippen LogP contribution in [0.2, 0.25) is 0 Å². The molecule has 0 aliphatic heterocycles. The normalized spacial score (nSPS) is 11.1. The third kappa shape index (κ3) is 4.59. The van der Waals surface area contributed by atoms with Gasteiger partial charge in [0.05, 0.1) is 23.6 Å². The number of hydrogen-bond donors (Lipinski definition) is 0. The first-order chi connectivity index (χ1) is 14.7. The van der Waals surface area contributed by atoms with Crippen molar-refractivity contribution >= 4 is 11.0 Å². The van der Waals surface area contributed by atoms with Gasteiger partial charge in [0, 0.05) is 19.5 Å². The number of fused-ring (bicyclic) bond motifs is 1. The zero-order valence-electron chi connectivity index (χ0n) is 17.3. The molecule has 3 aromatic carbocycles. The van der Waals surface area contributed by atoms with Crippen LogP contribution in [-0.2, 0) is 26.1 Å². The lowest BCUT2D eigenvalue weighted by Gasteiger charge is -2.19. The van der Waals surface area contributed by atoms with Crippen LogP contribution in [0.25, 0.3) is 11.0 Å². The van der Waals surface area contributed by atoms with Crippen molar-refractivity contribution in [3.63, 3.8) is 0 Å². The molecular weight excluding hydrogens is 368 g/mol. The largest absolute Gasteiger partial charge is 0.322 e. The molecule has 4 rings (SSSR count). The third-order valence-corrected chi connectivity index (χ3v) is 5.39. The zero-order chi connectivity index (χ0) is 20.8. The van der Waals surface area contributed by atoms with Crippen LogP contribution in [0.1, 0.15) is 28.9 Å². The Bertz CT molecular complexity index is 1150. The molecule has 0 amide bonds. The number of hydrogen-bond acceptors (Lipinski definition) is 3. The van der Waals surface area contributed by atoms with Gasteiger partial charge in [0.15, 0.2) is 0 Å². The van der Waals surface area contributed by atoms with Crippen LogP contribution < -0.4 is 0 Å². The number of aromatic nitrogens is 2. The number of para-hydroxylation sites is 2. The quantitative estimate of drug-likeness (QED) is 0.414. The molecule has 0 aliphatic rings. The van der Waals surface area contributed by atoms with E-state index in [1.165, 1.54) is 22.2 Å². The van der Waals surface area contributed by atoms with Crippen LogP contribution in [-0.4, -0.2) is 21.5 Å². The van der Waals surface area contributed by atoms with Gasteiger partial charge in [-0.2, -0.15) is 5.26 Å². The van der Waals surface area contributed by atoms with Gasteiger partial charge < -0.3 is 4.57 Å². The van der Waals surface area contributed by atoms with Gasteiger partial charge in [0.1, 0.15) is 5.82 Å². The highest BCUT2D eigenvalue weighted by molar-refractivity contribution is 5.76. The molecule has 0 aliphatic carbocycles. The number of aryl methyl sites for hydroxylation is 1. The van der Waals surface area contributed by atoms with Gasteiger partial charge in [-0.3, -0.25) is 4.90 Å². The van der Waals surface area contributed by atoms with Gasteiger partial charge in [-0.25, -0.2) is 4.98 Å². The number of rotatable bonds is 8. The highest BCUT2D eigenvalue weighted by Crippen LogP contribution is 2.20. The summed E-state index contributed by atoms with van der Waals surface area (Å²) in [5.74, 6) is 1.07.